The number of anilines is 3. The van der Waals surface area contributed by atoms with E-state index in [1.54, 1.807) is 0 Å². The van der Waals surface area contributed by atoms with Crippen LogP contribution in [0.5, 0.6) is 0 Å². The summed E-state index contributed by atoms with van der Waals surface area (Å²) < 4.78 is 6.85. The van der Waals surface area contributed by atoms with Gasteiger partial charge in [-0.15, -0.1) is 0 Å². The van der Waals surface area contributed by atoms with Gasteiger partial charge in [-0.1, -0.05) is 194 Å². The summed E-state index contributed by atoms with van der Waals surface area (Å²) in [5, 5.41) is 2.10. The van der Waals surface area contributed by atoms with Crippen LogP contribution in [0, 0.1) is 0 Å². The van der Waals surface area contributed by atoms with Gasteiger partial charge in [-0.05, 0) is 70.9 Å². The van der Waals surface area contributed by atoms with E-state index in [4.69, 9.17) is 14.4 Å². The number of fused-ring (bicyclic) bond motifs is 3. The molecule has 0 bridgehead atoms. The molecule has 0 aliphatic carbocycles. The van der Waals surface area contributed by atoms with E-state index < -0.39 is 0 Å². The molecule has 10 rings (SSSR count). The lowest BCUT2D eigenvalue weighted by Crippen LogP contribution is -2.09. The third-order valence-electron chi connectivity index (χ3n) is 11.3. The molecule has 0 unspecified atom stereocenters. The van der Waals surface area contributed by atoms with E-state index in [0.717, 1.165) is 66.8 Å². The molecule has 0 radical (unpaired) electrons. The minimum atomic E-state index is 0.364. The van der Waals surface area contributed by atoms with Crippen molar-refractivity contribution in [1.82, 2.24) is 0 Å². The van der Waals surface area contributed by atoms with Crippen molar-refractivity contribution in [3.05, 3.63) is 247 Å². The number of furan rings is 1. The molecule has 0 N–H and O–H groups in total. The molecule has 5 heteroatoms. The second kappa shape index (κ2) is 17.7. The molecule has 0 saturated carbocycles. The van der Waals surface area contributed by atoms with E-state index in [1.807, 2.05) is 72.8 Å². The van der Waals surface area contributed by atoms with Gasteiger partial charge >= 0.3 is 0 Å². The number of hydrogen-bond acceptors (Lipinski definition) is 3. The summed E-state index contributed by atoms with van der Waals surface area (Å²) in [5.41, 5.74) is 14.4. The second-order valence-corrected chi connectivity index (χ2v) is 15.3. The summed E-state index contributed by atoms with van der Waals surface area (Å²) in [7, 11) is 0. The van der Waals surface area contributed by atoms with E-state index in [0.29, 0.717) is 18.2 Å². The van der Waals surface area contributed by atoms with Crippen LogP contribution >= 0.6 is 0 Å². The fourth-order valence-electron chi connectivity index (χ4n) is 8.15. The molecule has 10 aromatic rings. The van der Waals surface area contributed by atoms with Crippen molar-refractivity contribution in [2.75, 3.05) is 4.90 Å². The molecule has 1 heterocycles. The number of amidine groups is 2. The van der Waals surface area contributed by atoms with Crippen LogP contribution in [0.25, 0.3) is 55.3 Å². The molecule has 0 saturated heterocycles. The molecular weight excluding hydrogens is 769 g/mol. The van der Waals surface area contributed by atoms with E-state index in [9.17, 15) is 0 Å². The highest BCUT2D eigenvalue weighted by atomic mass is 16.3. The normalized spacial score (nSPS) is 11.8. The highest BCUT2D eigenvalue weighted by molar-refractivity contribution is 6.13. The summed E-state index contributed by atoms with van der Waals surface area (Å²) in [6.45, 7) is 4.18. The fraction of sp³-hybridized carbons (Fsp3) is 0.0172. The molecule has 0 aliphatic rings. The Balaban J connectivity index is 1.00. The molecule has 0 spiro atoms. The number of hydrogen-bond donors (Lipinski definition) is 0. The lowest BCUT2D eigenvalue weighted by molar-refractivity contribution is 0.664. The summed E-state index contributed by atoms with van der Waals surface area (Å²) in [5.74, 6) is 1.09. The first kappa shape index (κ1) is 38.8. The number of para-hydroxylation sites is 2. The van der Waals surface area contributed by atoms with Crippen LogP contribution in [0.4, 0.5) is 17.1 Å². The zero-order valence-electron chi connectivity index (χ0n) is 34.6. The number of rotatable bonds is 10. The van der Waals surface area contributed by atoms with Gasteiger partial charge in [0.2, 0.25) is 0 Å². The quantitative estimate of drug-likeness (QED) is 0.102. The molecular formula is C58H42N4O. The second-order valence-electron chi connectivity index (χ2n) is 15.3. The number of nitrogens with zero attached hydrogens (tertiary/aromatic N) is 4. The Kier molecular flexibility index (Phi) is 10.9. The maximum absolute atomic E-state index is 6.85. The SMILES string of the molecule is C=NC(=NC(=NCc1cccc2c1oc1c(-c3ccc(N(c4ccc(-c5ccccc5)cc4)c4ccc(-c5ccccc5)cc4)cc3)cccc12)c1ccccc1)c1ccccc1. The molecule has 0 aliphatic heterocycles. The Morgan fingerprint density at radius 3 is 1.33 bits per heavy atom. The molecule has 5 nitrogen and oxygen atoms in total. The predicted octanol–water partition coefficient (Wildman–Crippen LogP) is 15.2. The van der Waals surface area contributed by atoms with Crippen LogP contribution in [0.1, 0.15) is 16.7 Å². The van der Waals surface area contributed by atoms with Gasteiger partial charge < -0.3 is 9.32 Å². The van der Waals surface area contributed by atoms with Gasteiger partial charge in [-0.3, -0.25) is 4.99 Å². The van der Waals surface area contributed by atoms with Crippen molar-refractivity contribution in [3.63, 3.8) is 0 Å². The average Bonchev–Trinajstić information content (AvgIpc) is 3.76. The molecule has 1 aromatic heterocycles. The maximum Gasteiger partial charge on any atom is 0.161 e. The zero-order chi connectivity index (χ0) is 42.4. The van der Waals surface area contributed by atoms with Gasteiger partial charge in [0.05, 0.1) is 6.54 Å². The standard InChI is InChI=1S/C58H42N4O/c1-59-57(46-20-10-4-11-21-46)61-58(47-22-12-5-13-23-47)60-40-48-24-14-26-53-54-27-15-25-52(56(54)63-55(48)53)45-32-38-51(39-33-45)62(49-34-28-43(29-35-49)41-16-6-2-7-17-41)50-36-30-44(31-37-50)42-18-8-3-9-19-42/h2-39H,1,40H2. The highest BCUT2D eigenvalue weighted by Gasteiger charge is 2.18. The van der Waals surface area contributed by atoms with Gasteiger partial charge in [-0.25, -0.2) is 9.98 Å². The van der Waals surface area contributed by atoms with Crippen LogP contribution in [0.2, 0.25) is 0 Å². The van der Waals surface area contributed by atoms with Crippen molar-refractivity contribution in [2.24, 2.45) is 15.0 Å². The Labute approximate surface area is 367 Å². The molecule has 0 fully saturated rings. The number of aliphatic imine (C=N–C) groups is 3. The summed E-state index contributed by atoms with van der Waals surface area (Å²) in [6, 6.07) is 79.8. The first-order valence-corrected chi connectivity index (χ1v) is 21.1. The van der Waals surface area contributed by atoms with Crippen molar-refractivity contribution in [1.29, 1.82) is 0 Å². The van der Waals surface area contributed by atoms with Gasteiger partial charge in [0.25, 0.3) is 0 Å². The summed E-state index contributed by atoms with van der Waals surface area (Å²) in [6.07, 6.45) is 0. The van der Waals surface area contributed by atoms with Gasteiger partial charge in [0, 0.05) is 50.1 Å². The Morgan fingerprint density at radius 2 is 0.825 bits per heavy atom. The van der Waals surface area contributed by atoms with E-state index in [1.165, 1.54) is 22.3 Å². The molecule has 300 valence electrons. The monoisotopic (exact) mass is 810 g/mol. The first-order valence-electron chi connectivity index (χ1n) is 21.1. The van der Waals surface area contributed by atoms with E-state index >= 15 is 0 Å². The Morgan fingerprint density at radius 1 is 0.397 bits per heavy atom. The topological polar surface area (TPSA) is 53.5 Å². The van der Waals surface area contributed by atoms with Crippen LogP contribution < -0.4 is 4.90 Å². The number of benzene rings is 9. The average molecular weight is 811 g/mol. The third kappa shape index (κ3) is 8.11. The Bertz CT molecular complexity index is 3130. The zero-order valence-corrected chi connectivity index (χ0v) is 34.6. The fourth-order valence-corrected chi connectivity index (χ4v) is 8.15. The smallest absolute Gasteiger partial charge is 0.161 e. The third-order valence-corrected chi connectivity index (χ3v) is 11.3. The van der Waals surface area contributed by atoms with Crippen LogP contribution in [-0.4, -0.2) is 18.4 Å². The lowest BCUT2D eigenvalue weighted by Gasteiger charge is -2.26. The van der Waals surface area contributed by atoms with Crippen LogP contribution in [-0.2, 0) is 6.54 Å². The van der Waals surface area contributed by atoms with E-state index in [2.05, 4.69) is 174 Å². The first-order chi connectivity index (χ1) is 31.2. The largest absolute Gasteiger partial charge is 0.455 e. The van der Waals surface area contributed by atoms with Crippen LogP contribution in [0.15, 0.2) is 250 Å². The minimum absolute atomic E-state index is 0.364. The molecule has 9 aromatic carbocycles. The van der Waals surface area contributed by atoms with Crippen molar-refractivity contribution < 1.29 is 4.42 Å². The highest BCUT2D eigenvalue weighted by Crippen LogP contribution is 2.40. The summed E-state index contributed by atoms with van der Waals surface area (Å²) >= 11 is 0. The maximum atomic E-state index is 6.85. The van der Waals surface area contributed by atoms with Crippen molar-refractivity contribution >= 4 is 57.4 Å². The van der Waals surface area contributed by atoms with E-state index in [-0.39, 0.29) is 0 Å². The predicted molar refractivity (Wildman–Crippen MR) is 264 cm³/mol. The Hall–Kier alpha value is -8.41. The van der Waals surface area contributed by atoms with Gasteiger partial charge in [-0.2, -0.15) is 0 Å². The van der Waals surface area contributed by atoms with Crippen LogP contribution in [0.3, 0.4) is 0 Å². The van der Waals surface area contributed by atoms with Gasteiger partial charge in [0.1, 0.15) is 11.2 Å². The summed E-state index contributed by atoms with van der Waals surface area (Å²) in [4.78, 5) is 16.6. The molecule has 63 heavy (non-hydrogen) atoms. The van der Waals surface area contributed by atoms with Crippen molar-refractivity contribution in [3.8, 4) is 33.4 Å². The van der Waals surface area contributed by atoms with Gasteiger partial charge in [0.15, 0.2) is 11.7 Å². The molecule has 0 amide bonds. The molecule has 0 atom stereocenters. The minimum Gasteiger partial charge on any atom is -0.455 e. The lowest BCUT2D eigenvalue weighted by atomic mass is 10.0. The van der Waals surface area contributed by atoms with Crippen molar-refractivity contribution in [2.45, 2.75) is 6.54 Å².